The predicted molar refractivity (Wildman–Crippen MR) is 77.2 cm³/mol. The first kappa shape index (κ1) is 12.0. The smallest absolute Gasteiger partial charge is 0.258 e. The molecule has 100 valence electrons. The number of fused-ring (bicyclic) bond motifs is 1. The first-order valence-electron chi connectivity index (χ1n) is 6.66. The van der Waals surface area contributed by atoms with Crippen LogP contribution >= 0.6 is 0 Å². The van der Waals surface area contributed by atoms with Crippen LogP contribution < -0.4 is 16.6 Å². The molecule has 2 aromatic rings. The molecule has 0 amide bonds. The van der Waals surface area contributed by atoms with Crippen molar-refractivity contribution in [2.45, 2.75) is 19.8 Å². The van der Waals surface area contributed by atoms with Crippen LogP contribution in [-0.2, 0) is 0 Å². The molecule has 0 saturated heterocycles. The SMILES string of the molecule is CC(CNc1cc2nc[nH]c(=O)c2cc1N)C1CC1. The molecule has 1 aromatic carbocycles. The van der Waals surface area contributed by atoms with Crippen LogP contribution in [-0.4, -0.2) is 16.5 Å². The Labute approximate surface area is 111 Å². The highest BCUT2D eigenvalue weighted by atomic mass is 16.1. The molecule has 5 nitrogen and oxygen atoms in total. The highest BCUT2D eigenvalue weighted by molar-refractivity contribution is 5.88. The number of benzene rings is 1. The molecule has 5 heteroatoms. The van der Waals surface area contributed by atoms with Crippen molar-refractivity contribution in [2.24, 2.45) is 11.8 Å². The largest absolute Gasteiger partial charge is 0.397 e. The monoisotopic (exact) mass is 258 g/mol. The molecule has 1 aliphatic rings. The lowest BCUT2D eigenvalue weighted by atomic mass is 10.1. The molecule has 3 rings (SSSR count). The topological polar surface area (TPSA) is 83.8 Å². The summed E-state index contributed by atoms with van der Waals surface area (Å²) in [5, 5.41) is 3.90. The molecular weight excluding hydrogens is 240 g/mol. The quantitative estimate of drug-likeness (QED) is 0.732. The molecule has 0 bridgehead atoms. The highest BCUT2D eigenvalue weighted by Gasteiger charge is 2.27. The van der Waals surface area contributed by atoms with Gasteiger partial charge in [-0.1, -0.05) is 6.92 Å². The van der Waals surface area contributed by atoms with Crippen LogP contribution in [0.1, 0.15) is 19.8 Å². The van der Waals surface area contributed by atoms with Gasteiger partial charge in [0, 0.05) is 6.54 Å². The van der Waals surface area contributed by atoms with Crippen molar-refractivity contribution in [1.82, 2.24) is 9.97 Å². The molecule has 1 atom stereocenters. The Kier molecular flexibility index (Phi) is 2.89. The van der Waals surface area contributed by atoms with Gasteiger partial charge in [-0.15, -0.1) is 0 Å². The zero-order valence-electron chi connectivity index (χ0n) is 10.9. The van der Waals surface area contributed by atoms with Crippen molar-refractivity contribution in [3.8, 4) is 0 Å². The number of rotatable bonds is 4. The number of hydrogen-bond acceptors (Lipinski definition) is 4. The van der Waals surface area contributed by atoms with Crippen LogP contribution in [0.25, 0.3) is 10.9 Å². The molecular formula is C14H18N4O. The fourth-order valence-corrected chi connectivity index (χ4v) is 2.39. The van der Waals surface area contributed by atoms with E-state index in [1.165, 1.54) is 19.2 Å². The van der Waals surface area contributed by atoms with Gasteiger partial charge in [0.25, 0.3) is 5.56 Å². The van der Waals surface area contributed by atoms with E-state index in [9.17, 15) is 4.79 Å². The van der Waals surface area contributed by atoms with E-state index in [0.717, 1.165) is 18.2 Å². The van der Waals surface area contributed by atoms with Gasteiger partial charge >= 0.3 is 0 Å². The number of H-pyrrole nitrogens is 1. The van der Waals surface area contributed by atoms with Crippen molar-refractivity contribution < 1.29 is 0 Å². The number of hydrogen-bond donors (Lipinski definition) is 3. The fraction of sp³-hybridized carbons (Fsp3) is 0.429. The molecule has 1 unspecified atom stereocenters. The highest BCUT2D eigenvalue weighted by Crippen LogP contribution is 2.36. The van der Waals surface area contributed by atoms with Crippen molar-refractivity contribution in [1.29, 1.82) is 0 Å². The third-order valence-electron chi connectivity index (χ3n) is 3.85. The normalized spacial score (nSPS) is 16.5. The first-order valence-corrected chi connectivity index (χ1v) is 6.66. The number of anilines is 2. The van der Waals surface area contributed by atoms with Gasteiger partial charge in [0.2, 0.25) is 0 Å². The second kappa shape index (κ2) is 4.57. The summed E-state index contributed by atoms with van der Waals surface area (Å²) in [5.74, 6) is 1.51. The van der Waals surface area contributed by atoms with Gasteiger partial charge in [0.05, 0.1) is 28.6 Å². The third-order valence-corrected chi connectivity index (χ3v) is 3.85. The van der Waals surface area contributed by atoms with Gasteiger partial charge in [0.15, 0.2) is 0 Å². The van der Waals surface area contributed by atoms with Crippen molar-refractivity contribution in [3.05, 3.63) is 28.8 Å². The maximum Gasteiger partial charge on any atom is 0.258 e. The Hall–Kier alpha value is -2.04. The van der Waals surface area contributed by atoms with Gasteiger partial charge in [-0.05, 0) is 36.8 Å². The molecule has 1 aliphatic carbocycles. The van der Waals surface area contributed by atoms with E-state index in [2.05, 4.69) is 22.2 Å². The molecule has 0 radical (unpaired) electrons. The molecule has 1 fully saturated rings. The molecule has 4 N–H and O–H groups in total. The Bertz CT molecular complexity index is 660. The van der Waals surface area contributed by atoms with E-state index in [1.54, 1.807) is 6.07 Å². The van der Waals surface area contributed by atoms with Gasteiger partial charge in [0.1, 0.15) is 0 Å². The van der Waals surface area contributed by atoms with Crippen molar-refractivity contribution >= 4 is 22.3 Å². The number of aromatic nitrogens is 2. The summed E-state index contributed by atoms with van der Waals surface area (Å²) in [6.45, 7) is 3.16. The van der Waals surface area contributed by atoms with Crippen LogP contribution in [0.2, 0.25) is 0 Å². The molecule has 0 spiro atoms. The Balaban J connectivity index is 1.86. The van der Waals surface area contributed by atoms with Crippen LogP contribution in [0, 0.1) is 11.8 Å². The minimum atomic E-state index is -0.158. The predicted octanol–water partition coefficient (Wildman–Crippen LogP) is 1.96. The van der Waals surface area contributed by atoms with E-state index in [1.807, 2.05) is 6.07 Å². The summed E-state index contributed by atoms with van der Waals surface area (Å²) in [4.78, 5) is 18.4. The molecule has 1 heterocycles. The van der Waals surface area contributed by atoms with Gasteiger partial charge in [-0.25, -0.2) is 4.98 Å². The number of aromatic amines is 1. The standard InChI is InChI=1S/C14H18N4O/c1-8(9-2-3-9)6-16-13-5-12-10(4-11(13)15)14(19)18-7-17-12/h4-5,7-9,16H,2-3,6,15H2,1H3,(H,17,18,19). The molecule has 19 heavy (non-hydrogen) atoms. The van der Waals surface area contributed by atoms with Gasteiger partial charge in [-0.2, -0.15) is 0 Å². The van der Waals surface area contributed by atoms with Crippen LogP contribution in [0.3, 0.4) is 0 Å². The fourth-order valence-electron chi connectivity index (χ4n) is 2.39. The zero-order chi connectivity index (χ0) is 13.4. The average molecular weight is 258 g/mol. The second-order valence-electron chi connectivity index (χ2n) is 5.38. The average Bonchev–Trinajstić information content (AvgIpc) is 3.21. The van der Waals surface area contributed by atoms with Crippen molar-refractivity contribution in [3.63, 3.8) is 0 Å². The molecule has 0 aliphatic heterocycles. The lowest BCUT2D eigenvalue weighted by molar-refractivity contribution is 0.537. The lowest BCUT2D eigenvalue weighted by Gasteiger charge is -2.14. The summed E-state index contributed by atoms with van der Waals surface area (Å²) in [6, 6.07) is 3.53. The Morgan fingerprint density at radius 3 is 3.05 bits per heavy atom. The summed E-state index contributed by atoms with van der Waals surface area (Å²) in [6.07, 6.45) is 4.09. The number of nitrogens with zero attached hydrogens (tertiary/aromatic N) is 1. The minimum absolute atomic E-state index is 0.158. The summed E-state index contributed by atoms with van der Waals surface area (Å²) < 4.78 is 0. The maximum atomic E-state index is 11.6. The van der Waals surface area contributed by atoms with Gasteiger partial charge in [-0.3, -0.25) is 4.79 Å². The number of nitrogens with one attached hydrogen (secondary N) is 2. The number of nitrogen functional groups attached to an aromatic ring is 1. The molecule has 1 saturated carbocycles. The Morgan fingerprint density at radius 1 is 1.53 bits per heavy atom. The lowest BCUT2D eigenvalue weighted by Crippen LogP contribution is -2.14. The second-order valence-corrected chi connectivity index (χ2v) is 5.38. The van der Waals surface area contributed by atoms with Crippen LogP contribution in [0.5, 0.6) is 0 Å². The zero-order valence-corrected chi connectivity index (χ0v) is 10.9. The third kappa shape index (κ3) is 2.41. The summed E-state index contributed by atoms with van der Waals surface area (Å²) >= 11 is 0. The van der Waals surface area contributed by atoms with E-state index in [4.69, 9.17) is 5.73 Å². The summed E-state index contributed by atoms with van der Waals surface area (Å²) in [5.41, 5.74) is 7.95. The Morgan fingerprint density at radius 2 is 2.32 bits per heavy atom. The van der Waals surface area contributed by atoms with E-state index < -0.39 is 0 Å². The van der Waals surface area contributed by atoms with Crippen LogP contribution in [0.4, 0.5) is 11.4 Å². The first-order chi connectivity index (χ1) is 9.15. The maximum absolute atomic E-state index is 11.6. The van der Waals surface area contributed by atoms with E-state index in [0.29, 0.717) is 22.5 Å². The minimum Gasteiger partial charge on any atom is -0.397 e. The molecule has 1 aromatic heterocycles. The van der Waals surface area contributed by atoms with Crippen molar-refractivity contribution in [2.75, 3.05) is 17.6 Å². The van der Waals surface area contributed by atoms with Gasteiger partial charge < -0.3 is 16.0 Å². The van der Waals surface area contributed by atoms with E-state index >= 15 is 0 Å². The van der Waals surface area contributed by atoms with Crippen LogP contribution in [0.15, 0.2) is 23.3 Å². The summed E-state index contributed by atoms with van der Waals surface area (Å²) in [7, 11) is 0. The number of nitrogens with two attached hydrogens (primary N) is 1. The van der Waals surface area contributed by atoms with E-state index in [-0.39, 0.29) is 5.56 Å².